The van der Waals surface area contributed by atoms with Crippen LogP contribution in [0.1, 0.15) is 11.1 Å². The largest absolute Gasteiger partial charge is 0.420 e. The highest BCUT2D eigenvalue weighted by molar-refractivity contribution is 5.70. The number of β-amino-alcohol motifs (C(OH)–C–C–N with tert-alkyl or cyclic N) is 1. The average Bonchev–Trinajstić information content (AvgIpc) is 2.70. The molecule has 2 aromatic rings. The second kappa shape index (κ2) is 7.54. The van der Waals surface area contributed by atoms with Crippen LogP contribution in [-0.2, 0) is 6.18 Å². The molecule has 170 valence electrons. The summed E-state index contributed by atoms with van der Waals surface area (Å²) in [6, 6.07) is 8.68. The summed E-state index contributed by atoms with van der Waals surface area (Å²) in [5, 5.41) is 9.78. The van der Waals surface area contributed by atoms with Crippen molar-refractivity contribution in [2.75, 3.05) is 24.5 Å². The number of likely N-dealkylation sites (tertiary alicyclic amines) is 1. The van der Waals surface area contributed by atoms with Gasteiger partial charge in [-0.1, -0.05) is 36.4 Å². The van der Waals surface area contributed by atoms with Gasteiger partial charge in [0.05, 0.1) is 24.3 Å². The lowest BCUT2D eigenvalue weighted by Gasteiger charge is -2.51. The SMILES string of the molecule is Cc1ccccc1-c1nc(N2CC=CC=C2N2CC(O)(C(F)(F)F)C2)ccc1C(F)(F)F. The maximum absolute atomic E-state index is 13.7. The van der Waals surface area contributed by atoms with Crippen molar-refractivity contribution in [2.24, 2.45) is 0 Å². The highest BCUT2D eigenvalue weighted by atomic mass is 19.4. The molecule has 0 radical (unpaired) electrons. The van der Waals surface area contributed by atoms with Crippen LogP contribution < -0.4 is 4.90 Å². The molecule has 1 saturated heterocycles. The molecule has 1 aromatic carbocycles. The minimum Gasteiger partial charge on any atom is -0.378 e. The lowest BCUT2D eigenvalue weighted by molar-refractivity contribution is -0.297. The number of hydrogen-bond donors (Lipinski definition) is 1. The Labute approximate surface area is 180 Å². The van der Waals surface area contributed by atoms with Gasteiger partial charge in [-0.2, -0.15) is 26.3 Å². The van der Waals surface area contributed by atoms with Crippen LogP contribution in [-0.4, -0.2) is 46.4 Å². The van der Waals surface area contributed by atoms with Crippen LogP contribution >= 0.6 is 0 Å². The van der Waals surface area contributed by atoms with Crippen LogP contribution in [0.4, 0.5) is 32.2 Å². The molecule has 4 rings (SSSR count). The third kappa shape index (κ3) is 3.83. The summed E-state index contributed by atoms with van der Waals surface area (Å²) in [5.74, 6) is 0.485. The van der Waals surface area contributed by atoms with E-state index in [1.165, 1.54) is 15.9 Å². The molecular formula is C22H19F6N3O. The van der Waals surface area contributed by atoms with Crippen LogP contribution in [0.25, 0.3) is 11.3 Å². The summed E-state index contributed by atoms with van der Waals surface area (Å²) in [6.07, 6.45) is -4.50. The predicted octanol–water partition coefficient (Wildman–Crippen LogP) is 4.90. The molecule has 0 aliphatic carbocycles. The highest BCUT2D eigenvalue weighted by Crippen LogP contribution is 2.42. The van der Waals surface area contributed by atoms with E-state index >= 15 is 0 Å². The van der Waals surface area contributed by atoms with Crippen LogP contribution in [0.3, 0.4) is 0 Å². The van der Waals surface area contributed by atoms with Crippen molar-refractivity contribution in [2.45, 2.75) is 24.9 Å². The maximum Gasteiger partial charge on any atom is 0.420 e. The number of nitrogens with zero attached hydrogens (tertiary/aromatic N) is 3. The number of pyridine rings is 1. The molecule has 10 heteroatoms. The van der Waals surface area contributed by atoms with E-state index in [2.05, 4.69) is 4.98 Å². The van der Waals surface area contributed by atoms with Gasteiger partial charge >= 0.3 is 12.4 Å². The van der Waals surface area contributed by atoms with E-state index < -0.39 is 36.6 Å². The lowest BCUT2D eigenvalue weighted by Crippen LogP contribution is -2.69. The molecule has 32 heavy (non-hydrogen) atoms. The molecule has 0 unspecified atom stereocenters. The third-order valence-corrected chi connectivity index (χ3v) is 5.57. The van der Waals surface area contributed by atoms with E-state index in [4.69, 9.17) is 0 Å². The normalized spacial score (nSPS) is 18.4. The van der Waals surface area contributed by atoms with Crippen molar-refractivity contribution >= 4 is 5.82 Å². The second-order valence-corrected chi connectivity index (χ2v) is 7.83. The Bertz CT molecular complexity index is 1080. The van der Waals surface area contributed by atoms with Crippen molar-refractivity contribution in [3.8, 4) is 11.3 Å². The zero-order chi connectivity index (χ0) is 23.3. The fourth-order valence-corrected chi connectivity index (χ4v) is 3.79. The number of halogens is 6. The van der Waals surface area contributed by atoms with Gasteiger partial charge in [-0.15, -0.1) is 0 Å². The minimum absolute atomic E-state index is 0.161. The Morgan fingerprint density at radius 2 is 1.69 bits per heavy atom. The highest BCUT2D eigenvalue weighted by Gasteiger charge is 2.61. The lowest BCUT2D eigenvalue weighted by atomic mass is 9.93. The molecule has 2 aliphatic rings. The number of aliphatic hydroxyl groups is 1. The van der Waals surface area contributed by atoms with Gasteiger partial charge < -0.3 is 14.9 Å². The molecule has 1 N–H and O–H groups in total. The average molecular weight is 455 g/mol. The molecule has 0 saturated carbocycles. The van der Waals surface area contributed by atoms with E-state index in [1.54, 1.807) is 49.4 Å². The van der Waals surface area contributed by atoms with Gasteiger partial charge in [-0.3, -0.25) is 0 Å². The Kier molecular flexibility index (Phi) is 5.23. The van der Waals surface area contributed by atoms with Crippen LogP contribution in [0.15, 0.2) is 60.4 Å². The van der Waals surface area contributed by atoms with E-state index in [1.807, 2.05) is 0 Å². The van der Waals surface area contributed by atoms with Gasteiger partial charge in [-0.05, 0) is 30.7 Å². The molecule has 0 atom stereocenters. The number of aryl methyl sites for hydroxylation is 1. The number of aromatic nitrogens is 1. The molecule has 1 aromatic heterocycles. The Morgan fingerprint density at radius 1 is 1.00 bits per heavy atom. The van der Waals surface area contributed by atoms with Gasteiger partial charge in [0.25, 0.3) is 0 Å². The topological polar surface area (TPSA) is 39.6 Å². The third-order valence-electron chi connectivity index (χ3n) is 5.57. The number of benzene rings is 1. The standard InChI is InChI=1S/C22H19F6N3O/c1-14-6-2-3-7-15(14)19-16(21(23,24)25)9-10-17(29-19)31-11-5-4-8-18(31)30-12-20(32,13-30)22(26,27)28/h2-10,32H,11-13H2,1H3. The molecular weight excluding hydrogens is 436 g/mol. The van der Waals surface area contributed by atoms with Crippen molar-refractivity contribution < 1.29 is 31.4 Å². The molecule has 4 nitrogen and oxygen atoms in total. The number of rotatable bonds is 3. The first kappa shape index (κ1) is 22.2. The van der Waals surface area contributed by atoms with Crippen molar-refractivity contribution in [1.82, 2.24) is 9.88 Å². The summed E-state index contributed by atoms with van der Waals surface area (Å²) in [4.78, 5) is 7.14. The Hall–Kier alpha value is -3.01. The summed E-state index contributed by atoms with van der Waals surface area (Å²) in [7, 11) is 0. The van der Waals surface area contributed by atoms with Gasteiger partial charge in [0.2, 0.25) is 0 Å². The molecule has 0 spiro atoms. The van der Waals surface area contributed by atoms with E-state index in [9.17, 15) is 31.4 Å². The predicted molar refractivity (Wildman–Crippen MR) is 107 cm³/mol. The second-order valence-electron chi connectivity index (χ2n) is 7.83. The summed E-state index contributed by atoms with van der Waals surface area (Å²) >= 11 is 0. The maximum atomic E-state index is 13.7. The Morgan fingerprint density at radius 3 is 2.31 bits per heavy atom. The molecule has 3 heterocycles. The number of anilines is 1. The van der Waals surface area contributed by atoms with Crippen molar-refractivity contribution in [3.63, 3.8) is 0 Å². The zero-order valence-corrected chi connectivity index (χ0v) is 16.9. The molecule has 0 bridgehead atoms. The Balaban J connectivity index is 1.72. The first-order valence-electron chi connectivity index (χ1n) is 9.73. The quantitative estimate of drug-likeness (QED) is 0.669. The first-order valence-corrected chi connectivity index (χ1v) is 9.73. The van der Waals surface area contributed by atoms with E-state index in [0.29, 0.717) is 16.9 Å². The smallest absolute Gasteiger partial charge is 0.378 e. The summed E-state index contributed by atoms with van der Waals surface area (Å²) in [6.45, 7) is 0.547. The summed E-state index contributed by atoms with van der Waals surface area (Å²) < 4.78 is 80.2. The fraction of sp³-hybridized carbons (Fsp3) is 0.318. The van der Waals surface area contributed by atoms with E-state index in [-0.39, 0.29) is 18.1 Å². The van der Waals surface area contributed by atoms with Crippen LogP contribution in [0.2, 0.25) is 0 Å². The molecule has 1 fully saturated rings. The molecule has 2 aliphatic heterocycles. The zero-order valence-electron chi connectivity index (χ0n) is 16.9. The first-order chi connectivity index (χ1) is 14.9. The van der Waals surface area contributed by atoms with Crippen LogP contribution in [0, 0.1) is 6.92 Å². The minimum atomic E-state index is -4.77. The number of alkyl halides is 6. The van der Waals surface area contributed by atoms with Crippen molar-refractivity contribution in [3.05, 3.63) is 71.6 Å². The van der Waals surface area contributed by atoms with Gasteiger partial charge in [0.1, 0.15) is 11.6 Å². The van der Waals surface area contributed by atoms with Gasteiger partial charge in [-0.25, -0.2) is 4.98 Å². The number of allylic oxidation sites excluding steroid dienone is 2. The van der Waals surface area contributed by atoms with Crippen molar-refractivity contribution in [1.29, 1.82) is 0 Å². The van der Waals surface area contributed by atoms with Gasteiger partial charge in [0, 0.05) is 12.1 Å². The van der Waals surface area contributed by atoms with Crippen LogP contribution in [0.5, 0.6) is 0 Å². The fourth-order valence-electron chi connectivity index (χ4n) is 3.79. The van der Waals surface area contributed by atoms with Gasteiger partial charge in [0.15, 0.2) is 5.60 Å². The summed E-state index contributed by atoms with van der Waals surface area (Å²) in [5.41, 5.74) is -3.05. The number of hydrogen-bond acceptors (Lipinski definition) is 4. The van der Waals surface area contributed by atoms with E-state index in [0.717, 1.165) is 6.07 Å². The monoisotopic (exact) mass is 455 g/mol. The molecule has 0 amide bonds.